The number of carbonyl (C=O) groups is 1. The van der Waals surface area contributed by atoms with Gasteiger partial charge in [0.15, 0.2) is 11.5 Å². The number of carbonyl (C=O) groups excluding carboxylic acids is 1. The number of ether oxygens (including phenoxy) is 2. The molecule has 1 aromatic heterocycles. The fourth-order valence-electron chi connectivity index (χ4n) is 3.01. The molecule has 0 bridgehead atoms. The highest BCUT2D eigenvalue weighted by Gasteiger charge is 2.25. The van der Waals surface area contributed by atoms with Crippen LogP contribution < -0.4 is 20.1 Å². The molecule has 2 heterocycles. The van der Waals surface area contributed by atoms with Crippen LogP contribution in [0.1, 0.15) is 31.3 Å². The molecule has 3 aromatic rings. The van der Waals surface area contributed by atoms with Gasteiger partial charge in [0.1, 0.15) is 6.04 Å². The van der Waals surface area contributed by atoms with Crippen LogP contribution in [0.2, 0.25) is 0 Å². The Hall–Kier alpha value is -3.55. The minimum Gasteiger partial charge on any atom is -0.454 e. The molecule has 0 spiro atoms. The number of aromatic nitrogens is 2. The zero-order valence-electron chi connectivity index (χ0n) is 16.2. The molecule has 0 saturated heterocycles. The third-order valence-corrected chi connectivity index (χ3v) is 4.58. The van der Waals surface area contributed by atoms with Gasteiger partial charge in [-0.1, -0.05) is 55.4 Å². The molecular formula is C21H22N4O4. The van der Waals surface area contributed by atoms with Gasteiger partial charge >= 0.3 is 6.03 Å². The lowest BCUT2D eigenvalue weighted by Crippen LogP contribution is -2.39. The molecule has 1 atom stereocenters. The molecule has 0 fully saturated rings. The fourth-order valence-corrected chi connectivity index (χ4v) is 3.01. The van der Waals surface area contributed by atoms with Crippen LogP contribution in [0.5, 0.6) is 11.5 Å². The Balaban J connectivity index is 1.39. The molecular weight excluding hydrogens is 372 g/mol. The smallest absolute Gasteiger partial charge is 0.315 e. The number of urea groups is 1. The molecule has 8 heteroatoms. The van der Waals surface area contributed by atoms with E-state index < -0.39 is 6.04 Å². The highest BCUT2D eigenvalue weighted by Crippen LogP contribution is 2.32. The topological polar surface area (TPSA) is 98.5 Å². The highest BCUT2D eigenvalue weighted by atomic mass is 16.7. The highest BCUT2D eigenvalue weighted by molar-refractivity contribution is 5.74. The van der Waals surface area contributed by atoms with E-state index in [-0.39, 0.29) is 18.7 Å². The Morgan fingerprint density at radius 3 is 2.69 bits per heavy atom. The van der Waals surface area contributed by atoms with Crippen LogP contribution >= 0.6 is 0 Å². The van der Waals surface area contributed by atoms with Crippen molar-refractivity contribution in [2.75, 3.05) is 6.79 Å². The maximum Gasteiger partial charge on any atom is 0.315 e. The van der Waals surface area contributed by atoms with Gasteiger partial charge in [0.2, 0.25) is 18.5 Å². The molecule has 150 valence electrons. The summed E-state index contributed by atoms with van der Waals surface area (Å²) in [7, 11) is 0. The van der Waals surface area contributed by atoms with E-state index in [9.17, 15) is 4.79 Å². The van der Waals surface area contributed by atoms with Crippen LogP contribution in [0.4, 0.5) is 4.79 Å². The van der Waals surface area contributed by atoms with Crippen LogP contribution in [0, 0.1) is 5.92 Å². The van der Waals surface area contributed by atoms with Crippen molar-refractivity contribution < 1.29 is 18.8 Å². The molecule has 0 saturated carbocycles. The van der Waals surface area contributed by atoms with Crippen molar-refractivity contribution in [1.29, 1.82) is 0 Å². The van der Waals surface area contributed by atoms with Crippen molar-refractivity contribution in [1.82, 2.24) is 20.8 Å². The van der Waals surface area contributed by atoms with E-state index in [1.54, 1.807) is 0 Å². The predicted octanol–water partition coefficient (Wildman–Crippen LogP) is 3.66. The minimum absolute atomic E-state index is 0.0652. The first-order valence-corrected chi connectivity index (χ1v) is 9.42. The quantitative estimate of drug-likeness (QED) is 0.662. The second kappa shape index (κ2) is 8.22. The van der Waals surface area contributed by atoms with Gasteiger partial charge in [-0.05, 0) is 23.6 Å². The minimum atomic E-state index is -0.406. The number of benzene rings is 2. The molecule has 0 aliphatic carbocycles. The van der Waals surface area contributed by atoms with Crippen molar-refractivity contribution in [2.24, 2.45) is 5.92 Å². The molecule has 0 radical (unpaired) electrons. The summed E-state index contributed by atoms with van der Waals surface area (Å²) in [5.41, 5.74) is 1.77. The average molecular weight is 394 g/mol. The number of nitrogens with zero attached hydrogens (tertiary/aromatic N) is 2. The van der Waals surface area contributed by atoms with E-state index >= 15 is 0 Å². The van der Waals surface area contributed by atoms with E-state index in [4.69, 9.17) is 14.0 Å². The van der Waals surface area contributed by atoms with Gasteiger partial charge in [-0.3, -0.25) is 0 Å². The lowest BCUT2D eigenvalue weighted by atomic mass is 10.0. The van der Waals surface area contributed by atoms with Gasteiger partial charge < -0.3 is 24.6 Å². The van der Waals surface area contributed by atoms with E-state index in [1.165, 1.54) is 0 Å². The average Bonchev–Trinajstić information content (AvgIpc) is 3.40. The van der Waals surface area contributed by atoms with Crippen LogP contribution in [0.25, 0.3) is 11.4 Å². The van der Waals surface area contributed by atoms with Gasteiger partial charge in [-0.15, -0.1) is 0 Å². The van der Waals surface area contributed by atoms with Crippen LogP contribution in [0.15, 0.2) is 53.1 Å². The zero-order valence-corrected chi connectivity index (χ0v) is 16.2. The lowest BCUT2D eigenvalue weighted by molar-refractivity contribution is 0.174. The summed E-state index contributed by atoms with van der Waals surface area (Å²) in [5.74, 6) is 2.33. The van der Waals surface area contributed by atoms with E-state index in [0.29, 0.717) is 29.8 Å². The molecule has 1 aliphatic heterocycles. The molecule has 2 N–H and O–H groups in total. The van der Waals surface area contributed by atoms with E-state index in [2.05, 4.69) is 20.8 Å². The number of amides is 2. The number of nitrogens with one attached hydrogen (secondary N) is 2. The summed E-state index contributed by atoms with van der Waals surface area (Å²) < 4.78 is 16.1. The van der Waals surface area contributed by atoms with E-state index in [1.807, 2.05) is 62.4 Å². The lowest BCUT2D eigenvalue weighted by Gasteiger charge is -2.19. The number of rotatable bonds is 6. The summed E-state index contributed by atoms with van der Waals surface area (Å²) in [6, 6.07) is 14.4. The Bertz CT molecular complexity index is 987. The fraction of sp³-hybridized carbons (Fsp3) is 0.286. The molecule has 0 unspecified atom stereocenters. The normalized spacial score (nSPS) is 13.3. The van der Waals surface area contributed by atoms with Crippen molar-refractivity contribution in [2.45, 2.75) is 26.4 Å². The zero-order chi connectivity index (χ0) is 20.2. The summed E-state index contributed by atoms with van der Waals surface area (Å²) in [6.45, 7) is 4.54. The van der Waals surface area contributed by atoms with Crippen molar-refractivity contribution in [3.63, 3.8) is 0 Å². The van der Waals surface area contributed by atoms with Crippen molar-refractivity contribution in [3.8, 4) is 22.9 Å². The maximum absolute atomic E-state index is 12.4. The number of fused-ring (bicyclic) bond motifs is 1. The molecule has 29 heavy (non-hydrogen) atoms. The monoisotopic (exact) mass is 394 g/mol. The van der Waals surface area contributed by atoms with Crippen LogP contribution in [-0.2, 0) is 6.54 Å². The van der Waals surface area contributed by atoms with Gasteiger partial charge in [0.25, 0.3) is 0 Å². The van der Waals surface area contributed by atoms with Crippen LogP contribution in [0.3, 0.4) is 0 Å². The molecule has 1 aliphatic rings. The standard InChI is InChI=1S/C21H22N4O4/c1-13(2)18(20-24-19(25-29-20)15-6-4-3-5-7-15)23-21(26)22-11-14-8-9-16-17(10-14)28-12-27-16/h3-10,13,18H,11-12H2,1-2H3,(H2,22,23,26)/t18-/m1/s1. The molecule has 2 aromatic carbocycles. The Morgan fingerprint density at radius 1 is 1.10 bits per heavy atom. The SMILES string of the molecule is CC(C)[C@@H](NC(=O)NCc1ccc2c(c1)OCO2)c1nc(-c2ccccc2)no1. The second-order valence-corrected chi connectivity index (χ2v) is 7.06. The Kier molecular flexibility index (Phi) is 5.33. The molecule has 4 rings (SSSR count). The summed E-state index contributed by atoms with van der Waals surface area (Å²) in [4.78, 5) is 16.9. The summed E-state index contributed by atoms with van der Waals surface area (Å²) in [5, 5.41) is 9.81. The largest absolute Gasteiger partial charge is 0.454 e. The summed E-state index contributed by atoms with van der Waals surface area (Å²) >= 11 is 0. The van der Waals surface area contributed by atoms with Crippen molar-refractivity contribution >= 4 is 6.03 Å². The third kappa shape index (κ3) is 4.31. The molecule has 8 nitrogen and oxygen atoms in total. The third-order valence-electron chi connectivity index (χ3n) is 4.58. The summed E-state index contributed by atoms with van der Waals surface area (Å²) in [6.07, 6.45) is 0. The van der Waals surface area contributed by atoms with Gasteiger partial charge in [-0.25, -0.2) is 4.79 Å². The predicted molar refractivity (Wildman–Crippen MR) is 105 cm³/mol. The number of hydrogen-bond donors (Lipinski definition) is 2. The first-order valence-electron chi connectivity index (χ1n) is 9.42. The first kappa shape index (κ1) is 18.8. The first-order chi connectivity index (χ1) is 14.1. The molecule has 2 amide bonds. The maximum atomic E-state index is 12.4. The Morgan fingerprint density at radius 2 is 1.90 bits per heavy atom. The van der Waals surface area contributed by atoms with Crippen LogP contribution in [-0.4, -0.2) is 23.0 Å². The Labute approximate surface area is 168 Å². The van der Waals surface area contributed by atoms with Gasteiger partial charge in [0.05, 0.1) is 0 Å². The van der Waals surface area contributed by atoms with Gasteiger partial charge in [-0.2, -0.15) is 4.98 Å². The van der Waals surface area contributed by atoms with Gasteiger partial charge in [0, 0.05) is 12.1 Å². The second-order valence-electron chi connectivity index (χ2n) is 7.06. The number of hydrogen-bond acceptors (Lipinski definition) is 6. The van der Waals surface area contributed by atoms with Crippen molar-refractivity contribution in [3.05, 3.63) is 60.0 Å². The van der Waals surface area contributed by atoms with E-state index in [0.717, 1.165) is 11.1 Å².